The van der Waals surface area contributed by atoms with Crippen molar-refractivity contribution in [2.45, 2.75) is 20.3 Å². The Hall–Kier alpha value is -4.33. The van der Waals surface area contributed by atoms with Crippen LogP contribution in [-0.2, 0) is 4.79 Å². The molecule has 0 spiro atoms. The number of aromatic amines is 2. The fourth-order valence-corrected chi connectivity index (χ4v) is 3.83. The number of para-hydroxylation sites is 1. The van der Waals surface area contributed by atoms with E-state index in [0.29, 0.717) is 34.5 Å². The molecule has 5 aromatic rings. The van der Waals surface area contributed by atoms with Crippen LogP contribution in [0.3, 0.4) is 0 Å². The molecular formula is C25H22N6O2. The third kappa shape index (κ3) is 4.10. The van der Waals surface area contributed by atoms with Crippen LogP contribution in [0.4, 0.5) is 5.69 Å². The standard InChI is InChI=1S/C25H22N6O2/c1-14(2)9-22(32)27-17-10-16(12-26-13-17)15-7-8-21-19(11-15)23(31-30-21)24-28-20-6-4-3-5-18(20)25(33)29-24/h3-8,10-14H,9H2,1-2H3,(H,27,32)(H,30,31)(H,28,29,33). The van der Waals surface area contributed by atoms with Crippen molar-refractivity contribution in [2.24, 2.45) is 5.92 Å². The Morgan fingerprint density at radius 1 is 1.00 bits per heavy atom. The molecule has 164 valence electrons. The average Bonchev–Trinajstić information content (AvgIpc) is 3.22. The van der Waals surface area contributed by atoms with E-state index in [4.69, 9.17) is 0 Å². The Bertz CT molecular complexity index is 1550. The molecule has 3 aromatic heterocycles. The van der Waals surface area contributed by atoms with Crippen molar-refractivity contribution >= 4 is 33.4 Å². The summed E-state index contributed by atoms with van der Waals surface area (Å²) in [5.74, 6) is 0.635. The molecule has 0 fully saturated rings. The molecule has 0 unspecified atom stereocenters. The van der Waals surface area contributed by atoms with Crippen LogP contribution < -0.4 is 10.9 Å². The van der Waals surface area contributed by atoms with E-state index >= 15 is 0 Å². The van der Waals surface area contributed by atoms with Crippen molar-refractivity contribution in [3.8, 4) is 22.6 Å². The minimum atomic E-state index is -0.305. The van der Waals surface area contributed by atoms with E-state index < -0.39 is 0 Å². The molecule has 0 saturated heterocycles. The van der Waals surface area contributed by atoms with Gasteiger partial charge in [0.2, 0.25) is 5.91 Å². The Labute approximate surface area is 189 Å². The summed E-state index contributed by atoms with van der Waals surface area (Å²) in [6.45, 7) is 4.01. The van der Waals surface area contributed by atoms with Gasteiger partial charge in [0.25, 0.3) is 5.56 Å². The van der Waals surface area contributed by atoms with Crippen molar-refractivity contribution in [1.29, 1.82) is 0 Å². The van der Waals surface area contributed by atoms with Crippen molar-refractivity contribution in [1.82, 2.24) is 25.1 Å². The summed E-state index contributed by atoms with van der Waals surface area (Å²) in [4.78, 5) is 36.4. The highest BCUT2D eigenvalue weighted by Gasteiger charge is 2.14. The van der Waals surface area contributed by atoms with Gasteiger partial charge in [0.1, 0.15) is 5.69 Å². The number of hydrogen-bond acceptors (Lipinski definition) is 5. The third-order valence-corrected chi connectivity index (χ3v) is 5.36. The Kier molecular flexibility index (Phi) is 5.18. The number of carbonyl (C=O) groups is 1. The fraction of sp³-hybridized carbons (Fsp3) is 0.160. The topological polar surface area (TPSA) is 116 Å². The van der Waals surface area contributed by atoms with Gasteiger partial charge in [-0.05, 0) is 41.8 Å². The zero-order valence-electron chi connectivity index (χ0n) is 18.2. The number of rotatable bonds is 5. The van der Waals surface area contributed by atoms with Crippen LogP contribution in [0.15, 0.2) is 65.7 Å². The number of pyridine rings is 1. The fourth-order valence-electron chi connectivity index (χ4n) is 3.83. The predicted octanol–water partition coefficient (Wildman–Crippen LogP) is 4.51. The monoisotopic (exact) mass is 438 g/mol. The maximum absolute atomic E-state index is 12.5. The molecule has 0 atom stereocenters. The lowest BCUT2D eigenvalue weighted by molar-refractivity contribution is -0.116. The molecule has 3 N–H and O–H groups in total. The molecule has 5 rings (SSSR count). The van der Waals surface area contributed by atoms with Gasteiger partial charge >= 0.3 is 0 Å². The molecule has 0 bridgehead atoms. The van der Waals surface area contributed by atoms with Gasteiger partial charge < -0.3 is 10.3 Å². The van der Waals surface area contributed by atoms with Gasteiger partial charge in [0.15, 0.2) is 5.82 Å². The second kappa shape index (κ2) is 8.31. The molecule has 0 aliphatic carbocycles. The smallest absolute Gasteiger partial charge is 0.281 e. The molecule has 0 radical (unpaired) electrons. The predicted molar refractivity (Wildman–Crippen MR) is 129 cm³/mol. The first-order valence-corrected chi connectivity index (χ1v) is 10.7. The SMILES string of the molecule is CC(C)CC(=O)Nc1cncc(-c2ccc3[nH]nc(-c4nc(=O)c5ccccc5[nH]4)c3c2)c1. The zero-order chi connectivity index (χ0) is 22.9. The van der Waals surface area contributed by atoms with Gasteiger partial charge in [0.05, 0.1) is 28.3 Å². The molecule has 0 saturated carbocycles. The molecule has 33 heavy (non-hydrogen) atoms. The van der Waals surface area contributed by atoms with Crippen LogP contribution in [0.25, 0.3) is 44.5 Å². The Morgan fingerprint density at radius 3 is 2.70 bits per heavy atom. The minimum absolute atomic E-state index is 0.0390. The van der Waals surface area contributed by atoms with Gasteiger partial charge in [0, 0.05) is 23.6 Å². The Balaban J connectivity index is 1.54. The molecule has 8 heteroatoms. The first-order valence-electron chi connectivity index (χ1n) is 10.7. The highest BCUT2D eigenvalue weighted by Crippen LogP contribution is 2.30. The number of benzene rings is 2. The third-order valence-electron chi connectivity index (χ3n) is 5.36. The minimum Gasteiger partial charge on any atom is -0.338 e. The van der Waals surface area contributed by atoms with Crippen LogP contribution in [0.1, 0.15) is 20.3 Å². The number of carbonyl (C=O) groups excluding carboxylic acids is 1. The number of amides is 1. The molecular weight excluding hydrogens is 416 g/mol. The van der Waals surface area contributed by atoms with Crippen molar-refractivity contribution in [3.63, 3.8) is 0 Å². The van der Waals surface area contributed by atoms with E-state index in [-0.39, 0.29) is 17.4 Å². The number of nitrogens with zero attached hydrogens (tertiary/aromatic N) is 3. The van der Waals surface area contributed by atoms with E-state index in [1.165, 1.54) is 0 Å². The molecule has 3 heterocycles. The van der Waals surface area contributed by atoms with Gasteiger partial charge in [-0.1, -0.05) is 32.0 Å². The summed E-state index contributed by atoms with van der Waals surface area (Å²) in [5.41, 5.74) is 4.18. The number of anilines is 1. The number of aromatic nitrogens is 5. The number of H-pyrrole nitrogens is 2. The number of hydrogen-bond donors (Lipinski definition) is 3. The lowest BCUT2D eigenvalue weighted by atomic mass is 10.0. The van der Waals surface area contributed by atoms with E-state index in [0.717, 1.165) is 22.0 Å². The Morgan fingerprint density at radius 2 is 1.85 bits per heavy atom. The van der Waals surface area contributed by atoms with Gasteiger partial charge in [-0.25, -0.2) is 0 Å². The molecule has 8 nitrogen and oxygen atoms in total. The van der Waals surface area contributed by atoms with E-state index in [1.54, 1.807) is 18.5 Å². The molecule has 0 aliphatic heterocycles. The summed E-state index contributed by atoms with van der Waals surface area (Å²) < 4.78 is 0. The summed E-state index contributed by atoms with van der Waals surface area (Å²) in [6, 6.07) is 15.0. The number of nitrogens with one attached hydrogen (secondary N) is 3. The van der Waals surface area contributed by atoms with Crippen LogP contribution in [0, 0.1) is 5.92 Å². The summed E-state index contributed by atoms with van der Waals surface area (Å²) in [7, 11) is 0. The maximum atomic E-state index is 12.5. The van der Waals surface area contributed by atoms with Gasteiger partial charge in [-0.3, -0.25) is 19.7 Å². The van der Waals surface area contributed by atoms with Crippen LogP contribution in [0.2, 0.25) is 0 Å². The molecule has 1 amide bonds. The van der Waals surface area contributed by atoms with Gasteiger partial charge in [-0.15, -0.1) is 0 Å². The largest absolute Gasteiger partial charge is 0.338 e. The first-order chi connectivity index (χ1) is 16.0. The summed E-state index contributed by atoms with van der Waals surface area (Å²) in [5, 5.41) is 11.7. The van der Waals surface area contributed by atoms with Crippen LogP contribution in [0.5, 0.6) is 0 Å². The van der Waals surface area contributed by atoms with Gasteiger partial charge in [-0.2, -0.15) is 10.1 Å². The average molecular weight is 438 g/mol. The highest BCUT2D eigenvalue weighted by atomic mass is 16.1. The van der Waals surface area contributed by atoms with E-state index in [9.17, 15) is 9.59 Å². The van der Waals surface area contributed by atoms with E-state index in [2.05, 4.69) is 30.5 Å². The zero-order valence-corrected chi connectivity index (χ0v) is 18.2. The quantitative estimate of drug-likeness (QED) is 0.373. The highest BCUT2D eigenvalue weighted by molar-refractivity contribution is 5.96. The maximum Gasteiger partial charge on any atom is 0.281 e. The second-order valence-electron chi connectivity index (χ2n) is 8.38. The second-order valence-corrected chi connectivity index (χ2v) is 8.38. The summed E-state index contributed by atoms with van der Waals surface area (Å²) >= 11 is 0. The van der Waals surface area contributed by atoms with Crippen molar-refractivity contribution in [2.75, 3.05) is 5.32 Å². The summed E-state index contributed by atoms with van der Waals surface area (Å²) in [6.07, 6.45) is 3.83. The van der Waals surface area contributed by atoms with Crippen LogP contribution >= 0.6 is 0 Å². The van der Waals surface area contributed by atoms with Crippen LogP contribution in [-0.4, -0.2) is 31.1 Å². The number of fused-ring (bicyclic) bond motifs is 2. The molecule has 0 aliphatic rings. The van der Waals surface area contributed by atoms with Crippen molar-refractivity contribution in [3.05, 3.63) is 71.3 Å². The lowest BCUT2D eigenvalue weighted by Crippen LogP contribution is -2.13. The normalized spacial score (nSPS) is 11.4. The van der Waals surface area contributed by atoms with E-state index in [1.807, 2.05) is 56.3 Å². The first kappa shape index (κ1) is 20.6. The molecule has 2 aromatic carbocycles. The lowest BCUT2D eigenvalue weighted by Gasteiger charge is -2.09. The van der Waals surface area contributed by atoms with Crippen molar-refractivity contribution < 1.29 is 4.79 Å².